The van der Waals surface area contributed by atoms with Crippen molar-refractivity contribution < 1.29 is 27.4 Å². The van der Waals surface area contributed by atoms with Crippen LogP contribution < -0.4 is 4.74 Å². The fourth-order valence-electron chi connectivity index (χ4n) is 2.84. The molecule has 0 spiro atoms. The van der Waals surface area contributed by atoms with E-state index in [1.807, 2.05) is 24.3 Å². The van der Waals surface area contributed by atoms with Crippen molar-refractivity contribution in [2.24, 2.45) is 0 Å². The van der Waals surface area contributed by atoms with Gasteiger partial charge in [-0.05, 0) is 42.0 Å². The number of hydrogen-bond acceptors (Lipinski definition) is 6. The van der Waals surface area contributed by atoms with Crippen LogP contribution in [0.1, 0.15) is 15.9 Å². The number of carbonyl (C=O) groups excluding carboxylic acids is 1. The van der Waals surface area contributed by atoms with Gasteiger partial charge in [0.2, 0.25) is 10.0 Å². The van der Waals surface area contributed by atoms with Crippen molar-refractivity contribution in [2.45, 2.75) is 11.3 Å². The van der Waals surface area contributed by atoms with Crippen molar-refractivity contribution in [3.05, 3.63) is 59.7 Å². The molecule has 1 fully saturated rings. The van der Waals surface area contributed by atoms with Crippen LogP contribution >= 0.6 is 0 Å². The van der Waals surface area contributed by atoms with Gasteiger partial charge in [-0.15, -0.1) is 0 Å². The minimum Gasteiger partial charge on any atom is -0.497 e. The quantitative estimate of drug-likeness (QED) is 0.657. The molecule has 0 saturated carbocycles. The van der Waals surface area contributed by atoms with Crippen LogP contribution in [0.4, 0.5) is 0 Å². The molecule has 1 aliphatic rings. The van der Waals surface area contributed by atoms with Crippen LogP contribution in [0.5, 0.6) is 5.75 Å². The van der Waals surface area contributed by atoms with Gasteiger partial charge in [0.1, 0.15) is 5.75 Å². The first-order chi connectivity index (χ1) is 13.5. The fraction of sp³-hybridized carbons (Fsp3) is 0.350. The lowest BCUT2D eigenvalue weighted by Crippen LogP contribution is -2.40. The van der Waals surface area contributed by atoms with Crippen LogP contribution in [-0.2, 0) is 25.9 Å². The molecule has 1 saturated heterocycles. The molecule has 0 N–H and O–H groups in total. The minimum absolute atomic E-state index is 0.157. The molecule has 0 aliphatic carbocycles. The van der Waals surface area contributed by atoms with E-state index >= 15 is 0 Å². The summed E-state index contributed by atoms with van der Waals surface area (Å²) in [6, 6.07) is 13.4. The highest BCUT2D eigenvalue weighted by atomic mass is 32.2. The first-order valence-corrected chi connectivity index (χ1v) is 10.4. The standard InChI is InChI=1S/C20H23NO6S/c1-25-18-6-2-16(3-7-18)10-13-27-20(22)17-4-8-19(9-5-17)28(23,24)21-11-14-26-15-12-21/h2-9H,10-15H2,1H3. The number of ether oxygens (including phenoxy) is 3. The van der Waals surface area contributed by atoms with Gasteiger partial charge in [0.25, 0.3) is 0 Å². The maximum Gasteiger partial charge on any atom is 0.338 e. The molecule has 0 radical (unpaired) electrons. The zero-order valence-corrected chi connectivity index (χ0v) is 16.5. The summed E-state index contributed by atoms with van der Waals surface area (Å²) in [6.07, 6.45) is 0.583. The summed E-state index contributed by atoms with van der Waals surface area (Å²) >= 11 is 0. The Balaban J connectivity index is 1.55. The van der Waals surface area contributed by atoms with Crippen LogP contribution in [0.15, 0.2) is 53.4 Å². The number of sulfonamides is 1. The first-order valence-electron chi connectivity index (χ1n) is 8.99. The molecule has 0 aromatic heterocycles. The molecule has 2 aromatic rings. The normalized spacial score (nSPS) is 15.2. The molecule has 2 aromatic carbocycles. The Hall–Kier alpha value is -2.42. The SMILES string of the molecule is COc1ccc(CCOC(=O)c2ccc(S(=O)(=O)N3CCOCC3)cc2)cc1. The van der Waals surface area contributed by atoms with Gasteiger partial charge in [0.15, 0.2) is 0 Å². The lowest BCUT2D eigenvalue weighted by Gasteiger charge is -2.26. The van der Waals surface area contributed by atoms with Gasteiger partial charge in [0, 0.05) is 19.5 Å². The topological polar surface area (TPSA) is 82.1 Å². The van der Waals surface area contributed by atoms with E-state index < -0.39 is 16.0 Å². The summed E-state index contributed by atoms with van der Waals surface area (Å²) in [4.78, 5) is 12.3. The zero-order valence-electron chi connectivity index (χ0n) is 15.7. The number of nitrogens with zero attached hydrogens (tertiary/aromatic N) is 1. The Morgan fingerprint density at radius 2 is 1.68 bits per heavy atom. The number of carbonyl (C=O) groups is 1. The smallest absolute Gasteiger partial charge is 0.338 e. The second-order valence-electron chi connectivity index (χ2n) is 6.27. The van der Waals surface area contributed by atoms with Crippen molar-refractivity contribution in [1.82, 2.24) is 4.31 Å². The summed E-state index contributed by atoms with van der Waals surface area (Å²) in [7, 11) is -1.97. The zero-order chi connectivity index (χ0) is 20.0. The van der Waals surface area contributed by atoms with Crippen LogP contribution in [0.3, 0.4) is 0 Å². The Bertz CT molecular complexity index is 887. The highest BCUT2D eigenvalue weighted by Crippen LogP contribution is 2.18. The molecule has 0 amide bonds. The molecule has 0 bridgehead atoms. The van der Waals surface area contributed by atoms with E-state index in [1.54, 1.807) is 7.11 Å². The molecule has 8 heteroatoms. The second kappa shape index (κ2) is 9.18. The lowest BCUT2D eigenvalue weighted by atomic mass is 10.1. The predicted octanol–water partition coefficient (Wildman–Crippen LogP) is 2.12. The highest BCUT2D eigenvalue weighted by molar-refractivity contribution is 7.89. The van der Waals surface area contributed by atoms with Crippen molar-refractivity contribution >= 4 is 16.0 Å². The van der Waals surface area contributed by atoms with E-state index in [4.69, 9.17) is 14.2 Å². The fourth-order valence-corrected chi connectivity index (χ4v) is 4.24. The Labute approximate surface area is 164 Å². The van der Waals surface area contributed by atoms with Crippen LogP contribution in [0.25, 0.3) is 0 Å². The third-order valence-corrected chi connectivity index (χ3v) is 6.39. The molecule has 7 nitrogen and oxygen atoms in total. The molecular formula is C20H23NO6S. The first kappa shape index (κ1) is 20.3. The largest absolute Gasteiger partial charge is 0.497 e. The number of morpholine rings is 1. The average Bonchev–Trinajstić information content (AvgIpc) is 2.75. The summed E-state index contributed by atoms with van der Waals surface area (Å²) < 4.78 is 42.1. The molecule has 0 atom stereocenters. The lowest BCUT2D eigenvalue weighted by molar-refractivity contribution is 0.0509. The summed E-state index contributed by atoms with van der Waals surface area (Å²) in [5.74, 6) is 0.289. The molecule has 0 unspecified atom stereocenters. The number of methoxy groups -OCH3 is 1. The number of hydrogen-bond donors (Lipinski definition) is 0. The van der Waals surface area contributed by atoms with E-state index in [2.05, 4.69) is 0 Å². The molecule has 1 aliphatic heterocycles. The molecule has 3 rings (SSSR count). The summed E-state index contributed by atoms with van der Waals surface area (Å²) in [5, 5.41) is 0. The molecule has 150 valence electrons. The second-order valence-corrected chi connectivity index (χ2v) is 8.21. The van der Waals surface area contributed by atoms with Gasteiger partial charge >= 0.3 is 5.97 Å². The molecular weight excluding hydrogens is 382 g/mol. The maximum absolute atomic E-state index is 12.6. The van der Waals surface area contributed by atoms with E-state index in [9.17, 15) is 13.2 Å². The molecule has 1 heterocycles. The van der Waals surface area contributed by atoms with E-state index in [0.29, 0.717) is 38.3 Å². The van der Waals surface area contributed by atoms with Gasteiger partial charge in [-0.25, -0.2) is 13.2 Å². The maximum atomic E-state index is 12.6. The Morgan fingerprint density at radius 1 is 1.04 bits per heavy atom. The Morgan fingerprint density at radius 3 is 2.29 bits per heavy atom. The third-order valence-electron chi connectivity index (χ3n) is 4.48. The summed E-state index contributed by atoms with van der Waals surface area (Å²) in [5.41, 5.74) is 1.34. The van der Waals surface area contributed by atoms with Crippen LogP contribution in [0.2, 0.25) is 0 Å². The number of benzene rings is 2. The van der Waals surface area contributed by atoms with Crippen LogP contribution in [0, 0.1) is 0 Å². The summed E-state index contributed by atoms with van der Waals surface area (Å²) in [6.45, 7) is 1.67. The minimum atomic E-state index is -3.57. The van der Waals surface area contributed by atoms with E-state index in [-0.39, 0.29) is 11.5 Å². The van der Waals surface area contributed by atoms with E-state index in [1.165, 1.54) is 28.6 Å². The highest BCUT2D eigenvalue weighted by Gasteiger charge is 2.26. The van der Waals surface area contributed by atoms with Crippen molar-refractivity contribution in [3.63, 3.8) is 0 Å². The van der Waals surface area contributed by atoms with Crippen molar-refractivity contribution in [1.29, 1.82) is 0 Å². The van der Waals surface area contributed by atoms with Crippen molar-refractivity contribution in [2.75, 3.05) is 40.0 Å². The Kier molecular flexibility index (Phi) is 6.66. The van der Waals surface area contributed by atoms with Gasteiger partial charge in [-0.3, -0.25) is 0 Å². The molecule has 28 heavy (non-hydrogen) atoms. The monoisotopic (exact) mass is 405 g/mol. The van der Waals surface area contributed by atoms with E-state index in [0.717, 1.165) is 11.3 Å². The number of esters is 1. The predicted molar refractivity (Wildman–Crippen MR) is 103 cm³/mol. The van der Waals surface area contributed by atoms with Gasteiger partial charge < -0.3 is 14.2 Å². The van der Waals surface area contributed by atoms with Crippen molar-refractivity contribution in [3.8, 4) is 5.75 Å². The van der Waals surface area contributed by atoms with Gasteiger partial charge in [0.05, 0.1) is 37.4 Å². The van der Waals surface area contributed by atoms with Crippen LogP contribution in [-0.4, -0.2) is 58.7 Å². The van der Waals surface area contributed by atoms with Gasteiger partial charge in [-0.2, -0.15) is 4.31 Å². The average molecular weight is 405 g/mol. The third kappa shape index (κ3) is 4.89. The van der Waals surface area contributed by atoms with Gasteiger partial charge in [-0.1, -0.05) is 12.1 Å². The number of rotatable bonds is 7.